The van der Waals surface area contributed by atoms with Gasteiger partial charge in [-0.15, -0.1) is 0 Å². The van der Waals surface area contributed by atoms with E-state index >= 15 is 0 Å². The molecule has 0 aliphatic heterocycles. The Labute approximate surface area is 207 Å². The predicted octanol–water partition coefficient (Wildman–Crippen LogP) is 4.49. The summed E-state index contributed by atoms with van der Waals surface area (Å²) in [5.74, 6) is -1.64. The van der Waals surface area contributed by atoms with Crippen LogP contribution >= 0.6 is 11.6 Å². The van der Waals surface area contributed by atoms with Crippen molar-refractivity contribution in [3.63, 3.8) is 0 Å². The highest BCUT2D eigenvalue weighted by molar-refractivity contribution is 6.35. The van der Waals surface area contributed by atoms with Crippen LogP contribution < -0.4 is 21.9 Å². The minimum absolute atomic E-state index is 0.00977. The Morgan fingerprint density at radius 1 is 1.19 bits per heavy atom. The quantitative estimate of drug-likeness (QED) is 0.383. The number of benzene rings is 2. The topological polar surface area (TPSA) is 140 Å². The molecule has 36 heavy (non-hydrogen) atoms. The van der Waals surface area contributed by atoms with Crippen molar-refractivity contribution in [1.82, 2.24) is 19.5 Å². The second-order valence-electron chi connectivity index (χ2n) is 7.66. The van der Waals surface area contributed by atoms with E-state index < -0.39 is 23.4 Å². The Kier molecular flexibility index (Phi) is 6.67. The maximum Gasteiger partial charge on any atom is 0.268 e. The molecule has 4 aromatic rings. The highest BCUT2D eigenvalue weighted by Crippen LogP contribution is 2.32. The number of nitrogen functional groups attached to an aromatic ring is 2. The summed E-state index contributed by atoms with van der Waals surface area (Å²) in [5.41, 5.74) is 10.1. The van der Waals surface area contributed by atoms with Gasteiger partial charge in [-0.3, -0.25) is 9.69 Å². The van der Waals surface area contributed by atoms with Crippen LogP contribution in [0.25, 0.3) is 16.6 Å². The van der Waals surface area contributed by atoms with Crippen LogP contribution in [0.5, 0.6) is 0 Å². The zero-order valence-corrected chi connectivity index (χ0v) is 19.5. The lowest BCUT2D eigenvalue weighted by Crippen LogP contribution is -2.31. The van der Waals surface area contributed by atoms with E-state index in [9.17, 15) is 23.2 Å². The normalized spacial score (nSPS) is 11.1. The monoisotopic (exact) mass is 514 g/mol. The Hall–Kier alpha value is -4.37. The van der Waals surface area contributed by atoms with Gasteiger partial charge in [0.15, 0.2) is 5.82 Å². The van der Waals surface area contributed by atoms with Crippen molar-refractivity contribution < 1.29 is 13.2 Å². The predicted molar refractivity (Wildman–Crippen MR) is 130 cm³/mol. The van der Waals surface area contributed by atoms with E-state index in [4.69, 9.17) is 23.1 Å². The van der Waals surface area contributed by atoms with Crippen molar-refractivity contribution in [2.75, 3.05) is 22.9 Å². The molecule has 0 bridgehead atoms. The number of aromatic nitrogens is 4. The third-order valence-corrected chi connectivity index (χ3v) is 5.55. The van der Waals surface area contributed by atoms with Gasteiger partial charge in [0.1, 0.15) is 23.3 Å². The number of hydrogen-bond donors (Lipinski definition) is 2. The number of alkyl halides is 2. The molecule has 0 atom stereocenters. The molecule has 2 aromatic carbocycles. The summed E-state index contributed by atoms with van der Waals surface area (Å²) < 4.78 is 42.4. The maximum atomic E-state index is 14.4. The molecule has 4 N–H and O–H groups in total. The first-order chi connectivity index (χ1) is 17.2. The van der Waals surface area contributed by atoms with Crippen molar-refractivity contribution in [3.05, 3.63) is 68.7 Å². The zero-order valence-electron chi connectivity index (χ0n) is 18.7. The van der Waals surface area contributed by atoms with Gasteiger partial charge < -0.3 is 11.5 Å². The summed E-state index contributed by atoms with van der Waals surface area (Å²) in [5, 5.41) is 9.77. The third kappa shape index (κ3) is 4.36. The van der Waals surface area contributed by atoms with Crippen LogP contribution in [0.4, 0.5) is 36.7 Å². The molecule has 2 aromatic heterocycles. The summed E-state index contributed by atoms with van der Waals surface area (Å²) >= 11 is 6.28. The second-order valence-corrected chi connectivity index (χ2v) is 8.07. The summed E-state index contributed by atoms with van der Waals surface area (Å²) in [7, 11) is 0. The summed E-state index contributed by atoms with van der Waals surface area (Å²) in [6, 6.07) is 9.05. The van der Waals surface area contributed by atoms with Crippen LogP contribution in [0.2, 0.25) is 5.02 Å². The van der Waals surface area contributed by atoms with Gasteiger partial charge in [0, 0.05) is 12.1 Å². The minimum Gasteiger partial charge on any atom is -0.382 e. The van der Waals surface area contributed by atoms with Crippen molar-refractivity contribution in [2.24, 2.45) is 0 Å². The van der Waals surface area contributed by atoms with Crippen LogP contribution in [-0.2, 0) is 0 Å². The lowest BCUT2D eigenvalue weighted by Gasteiger charge is -2.27. The first kappa shape index (κ1) is 24.7. The zero-order chi connectivity index (χ0) is 26.1. The summed E-state index contributed by atoms with van der Waals surface area (Å²) in [4.78, 5) is 27.6. The number of halogens is 4. The highest BCUT2D eigenvalue weighted by atomic mass is 35.5. The fourth-order valence-corrected chi connectivity index (χ4v) is 4.00. The van der Waals surface area contributed by atoms with Crippen molar-refractivity contribution in [2.45, 2.75) is 19.8 Å². The number of nitriles is 1. The molecule has 0 aliphatic rings. The molecule has 13 heteroatoms. The van der Waals surface area contributed by atoms with Crippen LogP contribution in [-0.4, -0.2) is 26.1 Å². The molecule has 0 radical (unpaired) electrons. The first-order valence-corrected chi connectivity index (χ1v) is 10.9. The van der Waals surface area contributed by atoms with Gasteiger partial charge in [-0.05, 0) is 36.8 Å². The largest absolute Gasteiger partial charge is 0.382 e. The number of anilines is 4. The van der Waals surface area contributed by atoms with Gasteiger partial charge in [-0.2, -0.15) is 15.2 Å². The SMILES string of the molecule is CCCN(c1nc(N)nc(N)c1C#N)c1nc2cccc(Cl)c2c(=O)n1-c1cc(F)cc(C(F)F)c1. The van der Waals surface area contributed by atoms with Gasteiger partial charge in [0.2, 0.25) is 11.9 Å². The van der Waals surface area contributed by atoms with E-state index in [1.165, 1.54) is 17.0 Å². The van der Waals surface area contributed by atoms with Crippen LogP contribution in [0.1, 0.15) is 30.9 Å². The number of fused-ring (bicyclic) bond motifs is 1. The van der Waals surface area contributed by atoms with Crippen molar-refractivity contribution in [3.8, 4) is 11.8 Å². The second kappa shape index (κ2) is 9.71. The molecular formula is C23H18ClF3N8O. The van der Waals surface area contributed by atoms with E-state index in [0.717, 1.165) is 16.7 Å². The number of nitrogens with zero attached hydrogens (tertiary/aromatic N) is 6. The van der Waals surface area contributed by atoms with E-state index in [0.29, 0.717) is 12.5 Å². The molecule has 0 spiro atoms. The third-order valence-electron chi connectivity index (χ3n) is 5.24. The van der Waals surface area contributed by atoms with Crippen LogP contribution in [0, 0.1) is 17.1 Å². The molecule has 2 heterocycles. The van der Waals surface area contributed by atoms with Gasteiger partial charge in [0.25, 0.3) is 12.0 Å². The molecule has 0 unspecified atom stereocenters. The van der Waals surface area contributed by atoms with Gasteiger partial charge in [0.05, 0.1) is 21.6 Å². The number of hydrogen-bond acceptors (Lipinski definition) is 8. The Morgan fingerprint density at radius 3 is 2.61 bits per heavy atom. The van der Waals surface area contributed by atoms with Crippen LogP contribution in [0.3, 0.4) is 0 Å². The minimum atomic E-state index is -3.01. The van der Waals surface area contributed by atoms with Crippen molar-refractivity contribution in [1.29, 1.82) is 5.26 Å². The van der Waals surface area contributed by atoms with E-state index in [1.54, 1.807) is 6.07 Å². The molecule has 9 nitrogen and oxygen atoms in total. The fraction of sp³-hybridized carbons (Fsp3) is 0.174. The molecule has 0 fully saturated rings. The van der Waals surface area contributed by atoms with E-state index in [2.05, 4.69) is 15.0 Å². The lowest BCUT2D eigenvalue weighted by molar-refractivity contribution is 0.151. The average Bonchev–Trinajstić information content (AvgIpc) is 2.81. The lowest BCUT2D eigenvalue weighted by atomic mass is 10.2. The molecule has 4 rings (SSSR count). The molecule has 0 amide bonds. The summed E-state index contributed by atoms with van der Waals surface area (Å²) in [6.45, 7) is 1.95. The van der Waals surface area contributed by atoms with Gasteiger partial charge in [-0.1, -0.05) is 24.6 Å². The molecule has 184 valence electrons. The molecule has 0 saturated carbocycles. The number of rotatable bonds is 6. The number of nitrogens with two attached hydrogens (primary N) is 2. The van der Waals surface area contributed by atoms with Gasteiger partial charge in [-0.25, -0.2) is 22.7 Å². The highest BCUT2D eigenvalue weighted by Gasteiger charge is 2.26. The van der Waals surface area contributed by atoms with Gasteiger partial charge >= 0.3 is 0 Å². The fourth-order valence-electron chi connectivity index (χ4n) is 3.75. The first-order valence-electron chi connectivity index (χ1n) is 10.6. The maximum absolute atomic E-state index is 14.4. The Morgan fingerprint density at radius 2 is 1.94 bits per heavy atom. The molecular weight excluding hydrogens is 497 g/mol. The van der Waals surface area contributed by atoms with Crippen molar-refractivity contribution >= 4 is 46.0 Å². The Bertz CT molecular complexity index is 1580. The Balaban J connectivity index is 2.16. The smallest absolute Gasteiger partial charge is 0.268 e. The van der Waals surface area contributed by atoms with E-state index in [1.807, 2.05) is 13.0 Å². The summed E-state index contributed by atoms with van der Waals surface area (Å²) in [6.07, 6.45) is -2.54. The molecule has 0 saturated heterocycles. The van der Waals surface area contributed by atoms with Crippen LogP contribution in [0.15, 0.2) is 41.2 Å². The standard InChI is InChI=1S/C23H18ClF3N8O/c1-2-6-34(20-14(10-28)19(29)32-22(30)33-20)23-31-16-5-3-4-15(24)17(16)21(36)35(23)13-8-11(18(26)27)7-12(25)9-13/h3-5,7-9,18H,2,6H2,1H3,(H4,29,30,32,33). The van der Waals surface area contributed by atoms with E-state index in [-0.39, 0.29) is 57.3 Å². The average molecular weight is 515 g/mol. The molecule has 0 aliphatic carbocycles.